The first-order valence-electron chi connectivity index (χ1n) is 10.7. The predicted molar refractivity (Wildman–Crippen MR) is 124 cm³/mol. The molecule has 2 aromatic carbocycles. The van der Waals surface area contributed by atoms with Gasteiger partial charge in [-0.3, -0.25) is 19.7 Å². The summed E-state index contributed by atoms with van der Waals surface area (Å²) < 4.78 is 11.0. The maximum Gasteiger partial charge on any atom is 0.306 e. The third-order valence-electron chi connectivity index (χ3n) is 5.46. The Bertz CT molecular complexity index is 1250. The molecule has 4 rings (SSSR count). The van der Waals surface area contributed by atoms with Gasteiger partial charge < -0.3 is 14.6 Å². The van der Waals surface area contributed by atoms with Crippen molar-refractivity contribution < 1.29 is 14.3 Å². The van der Waals surface area contributed by atoms with Crippen molar-refractivity contribution in [2.24, 2.45) is 0 Å². The second kappa shape index (κ2) is 10.5. The van der Waals surface area contributed by atoms with Crippen molar-refractivity contribution in [1.29, 1.82) is 0 Å². The van der Waals surface area contributed by atoms with Crippen molar-refractivity contribution in [3.05, 3.63) is 117 Å². The lowest BCUT2D eigenvalue weighted by Crippen LogP contribution is -2.19. The van der Waals surface area contributed by atoms with Crippen LogP contribution in [0.1, 0.15) is 40.4 Å². The number of H-pyrrole nitrogens is 2. The Labute approximate surface area is 191 Å². The fraction of sp³-hybridized carbons (Fsp3) is 0.192. The molecule has 0 spiro atoms. The first kappa shape index (κ1) is 22.1. The number of carbonyl (C=O) groups excluding carboxylic acids is 1. The fourth-order valence-corrected chi connectivity index (χ4v) is 3.86. The third-order valence-corrected chi connectivity index (χ3v) is 5.46. The predicted octanol–water partition coefficient (Wildman–Crippen LogP) is 3.96. The zero-order chi connectivity index (χ0) is 23.0. The zero-order valence-electron chi connectivity index (χ0n) is 18.3. The molecule has 168 valence electrons. The van der Waals surface area contributed by atoms with Gasteiger partial charge in [0.05, 0.1) is 19.2 Å². The zero-order valence-corrected chi connectivity index (χ0v) is 18.3. The topological polar surface area (TPSA) is 97.1 Å². The van der Waals surface area contributed by atoms with Crippen molar-refractivity contribution in [2.75, 3.05) is 7.11 Å². The van der Waals surface area contributed by atoms with E-state index in [-0.39, 0.29) is 18.6 Å². The van der Waals surface area contributed by atoms with Gasteiger partial charge in [-0.2, -0.15) is 0 Å². The van der Waals surface area contributed by atoms with E-state index < -0.39 is 11.9 Å². The molecule has 2 N–H and O–H groups in total. The SMILES string of the molecule is COC(=O)C[C@H](c1ccccc1OCc1ccccn1)c1c(Cc2ccccc2)[nH][nH]c1=O. The van der Waals surface area contributed by atoms with Crippen LogP contribution in [-0.2, 0) is 22.6 Å². The average molecular weight is 444 g/mol. The van der Waals surface area contributed by atoms with Gasteiger partial charge >= 0.3 is 5.97 Å². The van der Waals surface area contributed by atoms with Gasteiger partial charge in [-0.1, -0.05) is 54.6 Å². The molecule has 0 saturated heterocycles. The Morgan fingerprint density at radius 1 is 0.970 bits per heavy atom. The molecule has 33 heavy (non-hydrogen) atoms. The molecule has 0 unspecified atom stereocenters. The summed E-state index contributed by atoms with van der Waals surface area (Å²) in [6, 6.07) is 22.9. The number of hydrogen-bond donors (Lipinski definition) is 2. The van der Waals surface area contributed by atoms with Crippen LogP contribution in [0, 0.1) is 0 Å². The number of hydrogen-bond acceptors (Lipinski definition) is 5. The van der Waals surface area contributed by atoms with Crippen LogP contribution < -0.4 is 10.3 Å². The van der Waals surface area contributed by atoms with Gasteiger partial charge in [0.15, 0.2) is 0 Å². The summed E-state index contributed by atoms with van der Waals surface area (Å²) in [5.41, 5.74) is 3.51. The van der Waals surface area contributed by atoms with E-state index in [9.17, 15) is 9.59 Å². The molecule has 0 bridgehead atoms. The standard InChI is InChI=1S/C26H25N3O4/c1-32-24(30)16-21(25-22(28-29-26(25)31)15-18-9-3-2-4-10-18)20-12-5-6-13-23(20)33-17-19-11-7-8-14-27-19/h2-14,21H,15-17H2,1H3,(H2,28,29,31)/t21-/m1/s1. The highest BCUT2D eigenvalue weighted by Crippen LogP contribution is 2.35. The van der Waals surface area contributed by atoms with E-state index >= 15 is 0 Å². The third kappa shape index (κ3) is 5.38. The van der Waals surface area contributed by atoms with Gasteiger partial charge in [0.25, 0.3) is 5.56 Å². The van der Waals surface area contributed by atoms with Crippen LogP contribution >= 0.6 is 0 Å². The number of aromatic amines is 2. The summed E-state index contributed by atoms with van der Waals surface area (Å²) in [7, 11) is 1.34. The Hall–Kier alpha value is -4.13. The highest BCUT2D eigenvalue weighted by Gasteiger charge is 2.28. The van der Waals surface area contributed by atoms with Crippen LogP contribution in [0.2, 0.25) is 0 Å². The van der Waals surface area contributed by atoms with E-state index in [1.165, 1.54) is 7.11 Å². The van der Waals surface area contributed by atoms with E-state index in [4.69, 9.17) is 9.47 Å². The Morgan fingerprint density at radius 3 is 2.48 bits per heavy atom. The minimum absolute atomic E-state index is 0.00316. The van der Waals surface area contributed by atoms with Crippen molar-refractivity contribution in [2.45, 2.75) is 25.4 Å². The van der Waals surface area contributed by atoms with Gasteiger partial charge in [-0.05, 0) is 23.8 Å². The molecule has 0 aliphatic heterocycles. The summed E-state index contributed by atoms with van der Waals surface area (Å²) in [6.45, 7) is 0.267. The highest BCUT2D eigenvalue weighted by molar-refractivity contribution is 5.71. The van der Waals surface area contributed by atoms with Crippen molar-refractivity contribution in [3.8, 4) is 5.75 Å². The molecule has 0 fully saturated rings. The Morgan fingerprint density at radius 2 is 1.73 bits per heavy atom. The first-order chi connectivity index (χ1) is 16.2. The normalized spacial score (nSPS) is 11.7. The molecular formula is C26H25N3O4. The fourth-order valence-electron chi connectivity index (χ4n) is 3.86. The number of rotatable bonds is 9. The summed E-state index contributed by atoms with van der Waals surface area (Å²) in [6.07, 6.45) is 2.23. The second-order valence-corrected chi connectivity index (χ2v) is 7.61. The average Bonchev–Trinajstić information content (AvgIpc) is 3.22. The highest BCUT2D eigenvalue weighted by atomic mass is 16.5. The summed E-state index contributed by atoms with van der Waals surface area (Å²) in [4.78, 5) is 29.6. The molecule has 7 heteroatoms. The molecule has 7 nitrogen and oxygen atoms in total. The monoisotopic (exact) mass is 443 g/mol. The number of carbonyl (C=O) groups is 1. The van der Waals surface area contributed by atoms with Crippen molar-refractivity contribution in [3.63, 3.8) is 0 Å². The maximum atomic E-state index is 12.9. The molecule has 0 aliphatic rings. The number of benzene rings is 2. The molecular weight excluding hydrogens is 418 g/mol. The summed E-state index contributed by atoms with van der Waals surface area (Å²) in [5.74, 6) is -0.375. The molecule has 1 atom stereocenters. The molecule has 0 saturated carbocycles. The first-order valence-corrected chi connectivity index (χ1v) is 10.7. The molecule has 4 aromatic rings. The second-order valence-electron chi connectivity index (χ2n) is 7.61. The van der Waals surface area contributed by atoms with Gasteiger partial charge in [0, 0.05) is 35.4 Å². The maximum absolute atomic E-state index is 12.9. The van der Waals surface area contributed by atoms with Crippen LogP contribution in [0.5, 0.6) is 5.75 Å². The van der Waals surface area contributed by atoms with E-state index in [1.54, 1.807) is 6.20 Å². The number of nitrogens with zero attached hydrogens (tertiary/aromatic N) is 1. The lowest BCUT2D eigenvalue weighted by Gasteiger charge is -2.20. The lowest BCUT2D eigenvalue weighted by atomic mass is 9.86. The van der Waals surface area contributed by atoms with Crippen LogP contribution in [0.3, 0.4) is 0 Å². The van der Waals surface area contributed by atoms with Crippen LogP contribution in [-0.4, -0.2) is 28.3 Å². The van der Waals surface area contributed by atoms with Crippen LogP contribution in [0.15, 0.2) is 83.8 Å². The molecule has 0 aliphatic carbocycles. The van der Waals surface area contributed by atoms with Gasteiger partial charge in [-0.15, -0.1) is 0 Å². The summed E-state index contributed by atoms with van der Waals surface area (Å²) in [5, 5.41) is 5.69. The molecule has 2 heterocycles. The van der Waals surface area contributed by atoms with Gasteiger partial charge in [0.1, 0.15) is 12.4 Å². The minimum atomic E-state index is -0.550. The number of esters is 1. The molecule has 0 radical (unpaired) electrons. The largest absolute Gasteiger partial charge is 0.487 e. The Balaban J connectivity index is 1.72. The smallest absolute Gasteiger partial charge is 0.306 e. The number of nitrogens with one attached hydrogen (secondary N) is 2. The van der Waals surface area contributed by atoms with Gasteiger partial charge in [-0.25, -0.2) is 0 Å². The Kier molecular flexibility index (Phi) is 6.99. The quantitative estimate of drug-likeness (QED) is 0.382. The number of pyridine rings is 1. The van der Waals surface area contributed by atoms with E-state index in [1.807, 2.05) is 72.8 Å². The molecule has 2 aromatic heterocycles. The number of para-hydroxylation sites is 1. The minimum Gasteiger partial charge on any atom is -0.487 e. The van der Waals surface area contributed by atoms with Gasteiger partial charge in [0.2, 0.25) is 0 Å². The van der Waals surface area contributed by atoms with E-state index in [2.05, 4.69) is 15.2 Å². The number of ether oxygens (including phenoxy) is 2. The van der Waals surface area contributed by atoms with Crippen LogP contribution in [0.25, 0.3) is 0 Å². The lowest BCUT2D eigenvalue weighted by molar-refractivity contribution is -0.140. The van der Waals surface area contributed by atoms with E-state index in [0.29, 0.717) is 17.7 Å². The molecule has 0 amide bonds. The van der Waals surface area contributed by atoms with Crippen molar-refractivity contribution >= 4 is 5.97 Å². The van der Waals surface area contributed by atoms with Crippen LogP contribution in [0.4, 0.5) is 0 Å². The number of aromatic nitrogens is 3. The van der Waals surface area contributed by atoms with Crippen molar-refractivity contribution in [1.82, 2.24) is 15.2 Å². The summed E-state index contributed by atoms with van der Waals surface area (Å²) >= 11 is 0. The number of methoxy groups -OCH3 is 1. The van der Waals surface area contributed by atoms with E-state index in [0.717, 1.165) is 22.5 Å².